The predicted octanol–water partition coefficient (Wildman–Crippen LogP) is 4.37. The summed E-state index contributed by atoms with van der Waals surface area (Å²) in [5.74, 6) is -0.273. The number of benzene rings is 2. The highest BCUT2D eigenvalue weighted by atomic mass is 35.5. The lowest BCUT2D eigenvalue weighted by Crippen LogP contribution is -1.81. The number of aromatic hydroxyl groups is 2. The summed E-state index contributed by atoms with van der Waals surface area (Å²) in [4.78, 5) is 20.4. The van der Waals surface area contributed by atoms with Gasteiger partial charge in [-0.15, -0.1) is 0 Å². The van der Waals surface area contributed by atoms with Crippen molar-refractivity contribution in [1.82, 2.24) is 0 Å². The largest absolute Gasteiger partial charge is 0.507 e. The molecule has 2 aromatic carbocycles. The van der Waals surface area contributed by atoms with Crippen molar-refractivity contribution in [3.8, 4) is 11.5 Å². The quantitative estimate of drug-likeness (QED) is 0.791. The fraction of sp³-hybridized carbons (Fsp3) is 0. The van der Waals surface area contributed by atoms with E-state index in [4.69, 9.17) is 45.0 Å². The number of hydrogen-bond donors (Lipinski definition) is 2. The molecule has 0 radical (unpaired) electrons. The van der Waals surface area contributed by atoms with Gasteiger partial charge in [0.05, 0.1) is 16.1 Å². The van der Waals surface area contributed by atoms with Gasteiger partial charge in [0, 0.05) is 10.0 Å². The third kappa shape index (κ3) is 4.93. The van der Waals surface area contributed by atoms with Crippen molar-refractivity contribution < 1.29 is 19.8 Å². The van der Waals surface area contributed by atoms with E-state index in [0.29, 0.717) is 22.6 Å². The highest BCUT2D eigenvalue weighted by Gasteiger charge is 2.05. The number of hydrogen-bond acceptors (Lipinski definition) is 4. The lowest BCUT2D eigenvalue weighted by atomic mass is 10.2. The maximum atomic E-state index is 10.3. The molecule has 2 N–H and O–H groups in total. The minimum absolute atomic E-state index is 0.0422. The molecule has 21 heavy (non-hydrogen) atoms. The van der Waals surface area contributed by atoms with Crippen LogP contribution in [0.5, 0.6) is 11.5 Å². The molecule has 0 fully saturated rings. The number of phenolic OH excluding ortho intramolecular Hbond substituents is 2. The van der Waals surface area contributed by atoms with E-state index < -0.39 is 0 Å². The number of rotatable bonds is 2. The summed E-state index contributed by atoms with van der Waals surface area (Å²) < 4.78 is 0. The second-order valence-corrected chi connectivity index (χ2v) is 5.04. The van der Waals surface area contributed by atoms with Gasteiger partial charge in [0.1, 0.15) is 11.5 Å². The molecule has 0 bridgehead atoms. The van der Waals surface area contributed by atoms with Crippen LogP contribution in [0.1, 0.15) is 20.7 Å². The Labute approximate surface area is 135 Å². The van der Waals surface area contributed by atoms with Crippen LogP contribution in [0.3, 0.4) is 0 Å². The number of carbonyl (C=O) groups is 2. The third-order valence-corrected chi connectivity index (χ3v) is 3.04. The van der Waals surface area contributed by atoms with E-state index in [2.05, 4.69) is 0 Å². The Morgan fingerprint density at radius 1 is 0.810 bits per heavy atom. The molecule has 0 atom stereocenters. The molecule has 7 heteroatoms. The van der Waals surface area contributed by atoms with Crippen molar-refractivity contribution in [1.29, 1.82) is 0 Å². The van der Waals surface area contributed by atoms with Crippen LogP contribution in [0.2, 0.25) is 15.1 Å². The van der Waals surface area contributed by atoms with Gasteiger partial charge in [-0.25, -0.2) is 0 Å². The van der Waals surface area contributed by atoms with Crippen LogP contribution >= 0.6 is 34.8 Å². The van der Waals surface area contributed by atoms with Gasteiger partial charge in [-0.1, -0.05) is 34.8 Å². The van der Waals surface area contributed by atoms with Crippen LogP contribution in [0.25, 0.3) is 0 Å². The molecule has 0 aliphatic rings. The number of phenols is 2. The second-order valence-electron chi connectivity index (χ2n) is 3.76. The highest BCUT2D eigenvalue weighted by Crippen LogP contribution is 2.29. The summed E-state index contributed by atoms with van der Waals surface area (Å²) in [7, 11) is 0. The number of aldehydes is 2. The van der Waals surface area contributed by atoms with E-state index in [1.54, 1.807) is 0 Å². The highest BCUT2D eigenvalue weighted by molar-refractivity contribution is 6.36. The summed E-state index contributed by atoms with van der Waals surface area (Å²) in [6, 6.07) is 7.01. The Kier molecular flexibility index (Phi) is 6.49. The van der Waals surface area contributed by atoms with E-state index in [9.17, 15) is 9.59 Å². The van der Waals surface area contributed by atoms with Gasteiger partial charge >= 0.3 is 0 Å². The lowest BCUT2D eigenvalue weighted by molar-refractivity contribution is 0.111. The van der Waals surface area contributed by atoms with Gasteiger partial charge in [-0.3, -0.25) is 9.59 Å². The molecule has 0 saturated carbocycles. The van der Waals surface area contributed by atoms with E-state index >= 15 is 0 Å². The first-order chi connectivity index (χ1) is 9.88. The van der Waals surface area contributed by atoms with Crippen LogP contribution in [0.4, 0.5) is 0 Å². The average Bonchev–Trinajstić information content (AvgIpc) is 2.46. The van der Waals surface area contributed by atoms with Crippen molar-refractivity contribution in [3.05, 3.63) is 56.5 Å². The fourth-order valence-electron chi connectivity index (χ4n) is 1.30. The Hall–Kier alpha value is -1.75. The van der Waals surface area contributed by atoms with Gasteiger partial charge < -0.3 is 10.2 Å². The molecule has 0 amide bonds. The molecule has 0 heterocycles. The molecule has 110 valence electrons. The zero-order chi connectivity index (χ0) is 16.0. The van der Waals surface area contributed by atoms with Crippen LogP contribution in [-0.2, 0) is 0 Å². The van der Waals surface area contributed by atoms with E-state index in [-0.39, 0.29) is 27.6 Å². The Balaban J connectivity index is 0.000000211. The van der Waals surface area contributed by atoms with E-state index in [1.165, 1.54) is 30.3 Å². The maximum absolute atomic E-state index is 10.3. The smallest absolute Gasteiger partial charge is 0.153 e. The zero-order valence-electron chi connectivity index (χ0n) is 10.4. The summed E-state index contributed by atoms with van der Waals surface area (Å²) in [5.41, 5.74) is 0.315. The molecule has 0 spiro atoms. The molecule has 0 aliphatic carbocycles. The summed E-state index contributed by atoms with van der Waals surface area (Å²) >= 11 is 16.6. The molecule has 4 nitrogen and oxygen atoms in total. The summed E-state index contributed by atoms with van der Waals surface area (Å²) in [5, 5.41) is 18.9. The Morgan fingerprint density at radius 2 is 1.38 bits per heavy atom. The minimum Gasteiger partial charge on any atom is -0.507 e. The molecule has 0 aromatic heterocycles. The standard InChI is InChI=1S/C7H4Cl2O2.C7H5ClO2/c8-5-1-4(3-10)7(11)6(9)2-5;8-6-1-2-7(10)5(3-6)4-9/h1-3,11H;1-4,10H. The van der Waals surface area contributed by atoms with Gasteiger partial charge in [0.15, 0.2) is 12.6 Å². The first kappa shape index (κ1) is 17.3. The van der Waals surface area contributed by atoms with Crippen LogP contribution in [0, 0.1) is 0 Å². The predicted molar refractivity (Wildman–Crippen MR) is 82.0 cm³/mol. The van der Waals surface area contributed by atoms with Crippen LogP contribution in [0.15, 0.2) is 30.3 Å². The normalized spacial score (nSPS) is 9.48. The van der Waals surface area contributed by atoms with Crippen molar-refractivity contribution in [2.45, 2.75) is 0 Å². The van der Waals surface area contributed by atoms with Crippen LogP contribution < -0.4 is 0 Å². The van der Waals surface area contributed by atoms with E-state index in [0.717, 1.165) is 0 Å². The van der Waals surface area contributed by atoms with Crippen LogP contribution in [-0.4, -0.2) is 22.8 Å². The Bertz CT molecular complexity index is 672. The first-order valence-electron chi connectivity index (χ1n) is 5.46. The molecule has 2 aromatic rings. The number of halogens is 3. The molecular weight excluding hydrogens is 339 g/mol. The lowest BCUT2D eigenvalue weighted by Gasteiger charge is -1.99. The van der Waals surface area contributed by atoms with E-state index in [1.807, 2.05) is 0 Å². The molecular formula is C14H9Cl3O4. The fourth-order valence-corrected chi connectivity index (χ4v) is 1.99. The van der Waals surface area contributed by atoms with Crippen molar-refractivity contribution in [2.24, 2.45) is 0 Å². The van der Waals surface area contributed by atoms with Gasteiger partial charge in [0.2, 0.25) is 0 Å². The van der Waals surface area contributed by atoms with Gasteiger partial charge in [-0.05, 0) is 30.3 Å². The second kappa shape index (κ2) is 7.88. The molecule has 0 aliphatic heterocycles. The average molecular weight is 348 g/mol. The summed E-state index contributed by atoms with van der Waals surface area (Å²) in [6.07, 6.45) is 1.05. The van der Waals surface area contributed by atoms with Crippen molar-refractivity contribution in [2.75, 3.05) is 0 Å². The molecule has 0 unspecified atom stereocenters. The minimum atomic E-state index is -0.230. The maximum Gasteiger partial charge on any atom is 0.153 e. The van der Waals surface area contributed by atoms with Gasteiger partial charge in [0.25, 0.3) is 0 Å². The number of carbonyl (C=O) groups excluding carboxylic acids is 2. The zero-order valence-corrected chi connectivity index (χ0v) is 12.7. The monoisotopic (exact) mass is 346 g/mol. The van der Waals surface area contributed by atoms with Gasteiger partial charge in [-0.2, -0.15) is 0 Å². The first-order valence-corrected chi connectivity index (χ1v) is 6.59. The third-order valence-electron chi connectivity index (χ3n) is 2.30. The summed E-state index contributed by atoms with van der Waals surface area (Å²) in [6.45, 7) is 0. The van der Waals surface area contributed by atoms with Crippen molar-refractivity contribution >= 4 is 47.4 Å². The topological polar surface area (TPSA) is 74.6 Å². The Morgan fingerprint density at radius 3 is 1.90 bits per heavy atom. The van der Waals surface area contributed by atoms with Crippen molar-refractivity contribution in [3.63, 3.8) is 0 Å². The SMILES string of the molecule is O=Cc1cc(Cl)cc(Cl)c1O.O=Cc1cc(Cl)ccc1O. The molecule has 2 rings (SSSR count). The molecule has 0 saturated heterocycles.